The second-order valence-corrected chi connectivity index (χ2v) is 5.90. The molecule has 0 atom stereocenters. The summed E-state index contributed by atoms with van der Waals surface area (Å²) in [6, 6.07) is 2.92. The Labute approximate surface area is 133 Å². The molecule has 0 saturated carbocycles. The van der Waals surface area contributed by atoms with Crippen LogP contribution >= 0.6 is 23.2 Å². The predicted molar refractivity (Wildman–Crippen MR) is 83.6 cm³/mol. The Bertz CT molecular complexity index is 548. The third-order valence-electron chi connectivity index (χ3n) is 3.48. The van der Waals surface area contributed by atoms with Crippen LogP contribution in [0.4, 0.5) is 5.69 Å². The second-order valence-electron chi connectivity index (χ2n) is 5.11. The topological polar surface area (TPSA) is 66.6 Å². The van der Waals surface area contributed by atoms with E-state index < -0.39 is 0 Å². The van der Waals surface area contributed by atoms with Crippen molar-refractivity contribution in [3.63, 3.8) is 0 Å². The largest absolute Gasteiger partial charge is 0.397 e. The van der Waals surface area contributed by atoms with Crippen LogP contribution in [0.5, 0.6) is 0 Å². The van der Waals surface area contributed by atoms with E-state index in [-0.39, 0.29) is 34.1 Å². The lowest BCUT2D eigenvalue weighted by Gasteiger charge is -2.21. The zero-order chi connectivity index (χ0) is 15.6. The Morgan fingerprint density at radius 2 is 1.90 bits per heavy atom. The quantitative estimate of drug-likeness (QED) is 0.865. The molecule has 1 fully saturated rings. The summed E-state index contributed by atoms with van der Waals surface area (Å²) in [6.07, 6.45) is 2.04. The Morgan fingerprint density at radius 1 is 1.29 bits per heavy atom. The van der Waals surface area contributed by atoms with Gasteiger partial charge in [0.25, 0.3) is 5.91 Å². The van der Waals surface area contributed by atoms with Crippen molar-refractivity contribution in [2.75, 3.05) is 32.4 Å². The molecule has 1 aromatic rings. The maximum absolute atomic E-state index is 12.3. The van der Waals surface area contributed by atoms with E-state index in [0.717, 1.165) is 25.9 Å². The number of hydrogen-bond acceptors (Lipinski definition) is 3. The molecular formula is C14H17Cl2N3O2. The van der Waals surface area contributed by atoms with E-state index in [1.54, 1.807) is 11.9 Å². The van der Waals surface area contributed by atoms with E-state index in [0.29, 0.717) is 5.56 Å². The smallest absolute Gasteiger partial charge is 0.254 e. The fraction of sp³-hybridized carbons (Fsp3) is 0.429. The number of amides is 2. The van der Waals surface area contributed by atoms with E-state index in [2.05, 4.69) is 0 Å². The van der Waals surface area contributed by atoms with Crippen molar-refractivity contribution in [2.45, 2.75) is 12.8 Å². The molecule has 1 aliphatic heterocycles. The van der Waals surface area contributed by atoms with Gasteiger partial charge in [-0.15, -0.1) is 0 Å². The Hall–Kier alpha value is -1.46. The second kappa shape index (κ2) is 6.54. The summed E-state index contributed by atoms with van der Waals surface area (Å²) in [6.45, 7) is 1.57. The highest BCUT2D eigenvalue weighted by molar-refractivity contribution is 6.43. The molecule has 0 unspecified atom stereocenters. The normalized spacial score (nSPS) is 14.3. The Kier molecular flexibility index (Phi) is 4.96. The van der Waals surface area contributed by atoms with E-state index in [4.69, 9.17) is 28.9 Å². The number of likely N-dealkylation sites (tertiary alicyclic amines) is 1. The number of hydrogen-bond donors (Lipinski definition) is 1. The highest BCUT2D eigenvalue weighted by Gasteiger charge is 2.22. The van der Waals surface area contributed by atoms with Crippen molar-refractivity contribution in [1.29, 1.82) is 0 Å². The van der Waals surface area contributed by atoms with Gasteiger partial charge in [0.15, 0.2) is 0 Å². The van der Waals surface area contributed by atoms with Crippen LogP contribution in [0.15, 0.2) is 12.1 Å². The van der Waals surface area contributed by atoms with Crippen LogP contribution < -0.4 is 5.73 Å². The summed E-state index contributed by atoms with van der Waals surface area (Å²) in [5.74, 6) is -0.357. The zero-order valence-electron chi connectivity index (χ0n) is 11.7. The van der Waals surface area contributed by atoms with E-state index in [1.807, 2.05) is 0 Å². The lowest BCUT2D eigenvalue weighted by Crippen LogP contribution is -2.39. The Balaban J connectivity index is 2.06. The van der Waals surface area contributed by atoms with Crippen LogP contribution in [-0.4, -0.2) is 48.3 Å². The summed E-state index contributed by atoms with van der Waals surface area (Å²) >= 11 is 11.8. The first-order valence-corrected chi connectivity index (χ1v) is 7.43. The maximum Gasteiger partial charge on any atom is 0.254 e. The molecular weight excluding hydrogens is 313 g/mol. The summed E-state index contributed by atoms with van der Waals surface area (Å²) in [5.41, 5.74) is 6.26. The van der Waals surface area contributed by atoms with Gasteiger partial charge in [-0.3, -0.25) is 9.59 Å². The molecule has 0 spiro atoms. The number of benzene rings is 1. The number of anilines is 1. The van der Waals surface area contributed by atoms with E-state index in [9.17, 15) is 9.59 Å². The molecule has 1 saturated heterocycles. The van der Waals surface area contributed by atoms with Gasteiger partial charge in [-0.2, -0.15) is 0 Å². The van der Waals surface area contributed by atoms with Gasteiger partial charge in [0.05, 0.1) is 22.3 Å². The number of nitrogens with two attached hydrogens (primary N) is 1. The molecule has 2 rings (SSSR count). The molecule has 0 radical (unpaired) electrons. The number of likely N-dealkylation sites (N-methyl/N-ethyl adjacent to an activating group) is 1. The van der Waals surface area contributed by atoms with Crippen molar-refractivity contribution >= 4 is 40.7 Å². The summed E-state index contributed by atoms with van der Waals surface area (Å²) in [4.78, 5) is 27.5. The van der Waals surface area contributed by atoms with Crippen molar-refractivity contribution in [2.24, 2.45) is 0 Å². The predicted octanol–water partition coefficient (Wildman–Crippen LogP) is 2.27. The number of nitrogen functional groups attached to an aromatic ring is 1. The summed E-state index contributed by atoms with van der Waals surface area (Å²) in [5, 5.41) is 0.447. The summed E-state index contributed by atoms with van der Waals surface area (Å²) < 4.78 is 0. The molecule has 1 aromatic carbocycles. The van der Waals surface area contributed by atoms with Crippen LogP contribution in [-0.2, 0) is 4.79 Å². The van der Waals surface area contributed by atoms with Crippen LogP contribution in [0.25, 0.3) is 0 Å². The van der Waals surface area contributed by atoms with Gasteiger partial charge in [-0.05, 0) is 25.0 Å². The van der Waals surface area contributed by atoms with Crippen molar-refractivity contribution in [3.05, 3.63) is 27.7 Å². The Morgan fingerprint density at radius 3 is 2.48 bits per heavy atom. The van der Waals surface area contributed by atoms with Gasteiger partial charge in [-0.25, -0.2) is 0 Å². The minimum atomic E-state index is -0.312. The van der Waals surface area contributed by atoms with Gasteiger partial charge in [-0.1, -0.05) is 23.2 Å². The average molecular weight is 330 g/mol. The molecule has 5 nitrogen and oxygen atoms in total. The van der Waals surface area contributed by atoms with Crippen LogP contribution in [0.2, 0.25) is 10.0 Å². The SMILES string of the molecule is CN(CC(=O)N1CCCC1)C(=O)c1cc(N)c(Cl)c(Cl)c1. The third kappa shape index (κ3) is 3.60. The van der Waals surface area contributed by atoms with Gasteiger partial charge < -0.3 is 15.5 Å². The molecule has 1 aliphatic rings. The highest BCUT2D eigenvalue weighted by atomic mass is 35.5. The van der Waals surface area contributed by atoms with Crippen LogP contribution in [0.1, 0.15) is 23.2 Å². The van der Waals surface area contributed by atoms with Gasteiger partial charge in [0, 0.05) is 25.7 Å². The van der Waals surface area contributed by atoms with Gasteiger partial charge in [0.1, 0.15) is 0 Å². The molecule has 0 aromatic heterocycles. The van der Waals surface area contributed by atoms with Gasteiger partial charge in [0.2, 0.25) is 5.91 Å². The van der Waals surface area contributed by atoms with E-state index in [1.165, 1.54) is 17.0 Å². The maximum atomic E-state index is 12.3. The third-order valence-corrected chi connectivity index (χ3v) is 4.30. The monoisotopic (exact) mass is 329 g/mol. The molecule has 7 heteroatoms. The fourth-order valence-electron chi connectivity index (χ4n) is 2.30. The number of carbonyl (C=O) groups is 2. The number of rotatable bonds is 3. The molecule has 2 N–H and O–H groups in total. The first-order chi connectivity index (χ1) is 9.90. The molecule has 114 valence electrons. The summed E-state index contributed by atoms with van der Waals surface area (Å²) in [7, 11) is 1.58. The van der Waals surface area contributed by atoms with Crippen molar-refractivity contribution in [3.8, 4) is 0 Å². The minimum Gasteiger partial charge on any atom is -0.397 e. The number of nitrogens with zero attached hydrogens (tertiary/aromatic N) is 2. The number of carbonyl (C=O) groups excluding carboxylic acids is 2. The molecule has 2 amide bonds. The lowest BCUT2D eigenvalue weighted by molar-refractivity contribution is -0.130. The van der Waals surface area contributed by atoms with Crippen LogP contribution in [0, 0.1) is 0 Å². The van der Waals surface area contributed by atoms with Crippen LogP contribution in [0.3, 0.4) is 0 Å². The fourth-order valence-corrected chi connectivity index (χ4v) is 2.63. The molecule has 1 heterocycles. The molecule has 0 bridgehead atoms. The zero-order valence-corrected chi connectivity index (χ0v) is 13.2. The first kappa shape index (κ1) is 15.9. The van der Waals surface area contributed by atoms with Gasteiger partial charge >= 0.3 is 0 Å². The average Bonchev–Trinajstić information content (AvgIpc) is 2.97. The minimum absolute atomic E-state index is 0.0407. The van der Waals surface area contributed by atoms with E-state index >= 15 is 0 Å². The van der Waals surface area contributed by atoms with Crippen molar-refractivity contribution in [1.82, 2.24) is 9.80 Å². The molecule has 21 heavy (non-hydrogen) atoms. The van der Waals surface area contributed by atoms with Crippen molar-refractivity contribution < 1.29 is 9.59 Å². The highest BCUT2D eigenvalue weighted by Crippen LogP contribution is 2.29. The molecule has 0 aliphatic carbocycles. The lowest BCUT2D eigenvalue weighted by atomic mass is 10.1. The first-order valence-electron chi connectivity index (χ1n) is 6.68. The number of halogens is 2. The standard InChI is InChI=1S/C14H17Cl2N3O2/c1-18(8-12(20)19-4-2-3-5-19)14(21)9-6-10(15)13(16)11(17)7-9/h6-7H,2-5,8,17H2,1H3.